The number of ether oxygens (including phenoxy) is 1. The molecule has 9 aromatic rings. The molecule has 1 aliphatic rings. The van der Waals surface area contributed by atoms with E-state index in [4.69, 9.17) is 9.72 Å². The average Bonchev–Trinajstić information content (AvgIpc) is 3.52. The second kappa shape index (κ2) is 11.7. The van der Waals surface area contributed by atoms with Crippen LogP contribution in [0.1, 0.15) is 25.0 Å². The molecular formula is C48H35N3O. The van der Waals surface area contributed by atoms with E-state index in [2.05, 4.69) is 181 Å². The number of nitrogens with zero attached hydrogens (tertiary/aromatic N) is 3. The van der Waals surface area contributed by atoms with E-state index in [1.807, 2.05) is 18.3 Å². The van der Waals surface area contributed by atoms with Crippen LogP contribution in [0.3, 0.4) is 0 Å². The Morgan fingerprint density at radius 3 is 2.13 bits per heavy atom. The van der Waals surface area contributed by atoms with Crippen LogP contribution >= 0.6 is 0 Å². The highest BCUT2D eigenvalue weighted by Crippen LogP contribution is 2.50. The highest BCUT2D eigenvalue weighted by Gasteiger charge is 2.34. The molecule has 0 saturated heterocycles. The van der Waals surface area contributed by atoms with Crippen molar-refractivity contribution in [2.75, 3.05) is 4.90 Å². The average molecular weight is 670 g/mol. The van der Waals surface area contributed by atoms with Gasteiger partial charge in [-0.15, -0.1) is 0 Å². The van der Waals surface area contributed by atoms with Gasteiger partial charge in [0.15, 0.2) is 0 Å². The highest BCUT2D eigenvalue weighted by molar-refractivity contribution is 6.10. The van der Waals surface area contributed by atoms with Crippen LogP contribution in [-0.2, 0) is 5.41 Å². The summed E-state index contributed by atoms with van der Waals surface area (Å²) in [5, 5.41) is 3.58. The number of anilines is 3. The molecule has 10 rings (SSSR count). The molecule has 0 N–H and O–H groups in total. The molecule has 4 heteroatoms. The molecule has 1 aliphatic heterocycles. The molecule has 0 spiro atoms. The number of rotatable bonds is 5. The molecule has 0 aliphatic carbocycles. The number of fused-ring (bicyclic) bond motifs is 6. The third-order valence-corrected chi connectivity index (χ3v) is 10.7. The van der Waals surface area contributed by atoms with Crippen LogP contribution in [0, 0.1) is 0 Å². The number of aromatic nitrogens is 2. The van der Waals surface area contributed by atoms with Crippen LogP contribution in [0.2, 0.25) is 0 Å². The van der Waals surface area contributed by atoms with Crippen molar-refractivity contribution >= 4 is 49.8 Å². The summed E-state index contributed by atoms with van der Waals surface area (Å²) in [7, 11) is 0. The summed E-state index contributed by atoms with van der Waals surface area (Å²) >= 11 is 0. The monoisotopic (exact) mass is 669 g/mol. The summed E-state index contributed by atoms with van der Waals surface area (Å²) in [5.41, 5.74) is 12.1. The first-order valence-corrected chi connectivity index (χ1v) is 17.8. The summed E-state index contributed by atoms with van der Waals surface area (Å²) in [6, 6.07) is 60.5. The third-order valence-electron chi connectivity index (χ3n) is 10.7. The van der Waals surface area contributed by atoms with Gasteiger partial charge >= 0.3 is 0 Å². The zero-order chi connectivity index (χ0) is 34.8. The Morgan fingerprint density at radius 1 is 0.538 bits per heavy atom. The van der Waals surface area contributed by atoms with E-state index in [-0.39, 0.29) is 5.41 Å². The van der Waals surface area contributed by atoms with Gasteiger partial charge in [-0.25, -0.2) is 0 Å². The minimum absolute atomic E-state index is 0.190. The van der Waals surface area contributed by atoms with E-state index >= 15 is 0 Å². The first-order valence-electron chi connectivity index (χ1n) is 17.8. The SMILES string of the molecule is CC1(C)c2ccccc2Oc2cc(N(c3ccc(-c4ccc5c(c4)c4ccccc4n5-c4ccccc4)cc3)c3cccc4cccnc34)ccc21. The van der Waals surface area contributed by atoms with Crippen molar-refractivity contribution in [1.29, 1.82) is 0 Å². The molecule has 0 fully saturated rings. The van der Waals surface area contributed by atoms with Gasteiger partial charge in [-0.3, -0.25) is 4.98 Å². The van der Waals surface area contributed by atoms with Gasteiger partial charge in [0.25, 0.3) is 0 Å². The lowest BCUT2D eigenvalue weighted by Gasteiger charge is -2.35. The lowest BCUT2D eigenvalue weighted by Crippen LogP contribution is -2.24. The van der Waals surface area contributed by atoms with Crippen LogP contribution in [0.25, 0.3) is 49.5 Å². The Hall–Kier alpha value is -6.65. The molecule has 0 unspecified atom stereocenters. The third kappa shape index (κ3) is 4.72. The second-order valence-electron chi connectivity index (χ2n) is 14.1. The van der Waals surface area contributed by atoms with Crippen molar-refractivity contribution in [3.63, 3.8) is 0 Å². The molecule has 3 heterocycles. The maximum Gasteiger partial charge on any atom is 0.133 e. The van der Waals surface area contributed by atoms with E-state index in [9.17, 15) is 0 Å². The molecule has 7 aromatic carbocycles. The lowest BCUT2D eigenvalue weighted by atomic mass is 9.76. The Bertz CT molecular complexity index is 2790. The van der Waals surface area contributed by atoms with Crippen molar-refractivity contribution < 1.29 is 4.74 Å². The quantitative estimate of drug-likeness (QED) is 0.183. The summed E-state index contributed by atoms with van der Waals surface area (Å²) in [6.45, 7) is 4.55. The zero-order valence-corrected chi connectivity index (χ0v) is 29.0. The number of benzene rings is 7. The standard InChI is InChI=1S/C48H35N3O/c1-48(2)40-17-7-9-20-45(40)52-46-31-37(26-27-41(46)48)50(44-19-10-12-33-13-11-29-49-47(33)44)36-24-21-32(22-25-36)34-23-28-43-39(30-34)38-16-6-8-18-42(38)51(43)35-14-4-3-5-15-35/h3-31H,1-2H3. The predicted molar refractivity (Wildman–Crippen MR) is 215 cm³/mol. The van der Waals surface area contributed by atoms with Gasteiger partial charge in [-0.1, -0.05) is 111 Å². The maximum atomic E-state index is 6.59. The number of para-hydroxylation sites is 4. The van der Waals surface area contributed by atoms with E-state index in [0.717, 1.165) is 50.7 Å². The summed E-state index contributed by atoms with van der Waals surface area (Å²) in [6.07, 6.45) is 1.87. The van der Waals surface area contributed by atoms with Gasteiger partial charge in [0, 0.05) is 62.0 Å². The number of hydrogen-bond acceptors (Lipinski definition) is 3. The topological polar surface area (TPSA) is 30.3 Å². The Balaban J connectivity index is 1.09. The first kappa shape index (κ1) is 30.2. The van der Waals surface area contributed by atoms with Crippen LogP contribution in [0.5, 0.6) is 11.5 Å². The van der Waals surface area contributed by atoms with Crippen molar-refractivity contribution in [2.24, 2.45) is 0 Å². The molecule has 0 saturated carbocycles. The Labute approximate surface area is 302 Å². The summed E-state index contributed by atoms with van der Waals surface area (Å²) in [5.74, 6) is 1.78. The van der Waals surface area contributed by atoms with Crippen molar-refractivity contribution in [1.82, 2.24) is 9.55 Å². The summed E-state index contributed by atoms with van der Waals surface area (Å²) < 4.78 is 8.95. The van der Waals surface area contributed by atoms with Crippen LogP contribution < -0.4 is 9.64 Å². The molecule has 2 aromatic heterocycles. The minimum atomic E-state index is -0.190. The lowest BCUT2D eigenvalue weighted by molar-refractivity contribution is 0.418. The normalized spacial score (nSPS) is 13.1. The molecule has 0 atom stereocenters. The van der Waals surface area contributed by atoms with E-state index in [1.54, 1.807) is 0 Å². The Kier molecular flexibility index (Phi) is 6.80. The van der Waals surface area contributed by atoms with Gasteiger partial charge in [-0.2, -0.15) is 0 Å². The van der Waals surface area contributed by atoms with E-state index in [1.165, 1.54) is 38.5 Å². The van der Waals surface area contributed by atoms with Gasteiger partial charge in [0.1, 0.15) is 11.5 Å². The zero-order valence-electron chi connectivity index (χ0n) is 29.0. The van der Waals surface area contributed by atoms with Gasteiger partial charge in [0.05, 0.1) is 22.2 Å². The molecule has 0 bridgehead atoms. The van der Waals surface area contributed by atoms with Crippen LogP contribution in [0.4, 0.5) is 17.1 Å². The van der Waals surface area contributed by atoms with Crippen molar-refractivity contribution in [3.05, 3.63) is 187 Å². The molecule has 0 amide bonds. The van der Waals surface area contributed by atoms with Gasteiger partial charge < -0.3 is 14.2 Å². The fourth-order valence-corrected chi connectivity index (χ4v) is 8.09. The molecule has 4 nitrogen and oxygen atoms in total. The van der Waals surface area contributed by atoms with Crippen LogP contribution in [-0.4, -0.2) is 9.55 Å². The maximum absolute atomic E-state index is 6.59. The van der Waals surface area contributed by atoms with Crippen molar-refractivity contribution in [2.45, 2.75) is 19.3 Å². The smallest absolute Gasteiger partial charge is 0.133 e. The van der Waals surface area contributed by atoms with Gasteiger partial charge in [0.2, 0.25) is 0 Å². The molecule has 52 heavy (non-hydrogen) atoms. The Morgan fingerprint density at radius 2 is 1.25 bits per heavy atom. The second-order valence-corrected chi connectivity index (χ2v) is 14.1. The first-order chi connectivity index (χ1) is 25.5. The van der Waals surface area contributed by atoms with Gasteiger partial charge in [-0.05, 0) is 77.9 Å². The molecule has 0 radical (unpaired) electrons. The minimum Gasteiger partial charge on any atom is -0.457 e. The highest BCUT2D eigenvalue weighted by atomic mass is 16.5. The fraction of sp³-hybridized carbons (Fsp3) is 0.0625. The van der Waals surface area contributed by atoms with Crippen LogP contribution in [0.15, 0.2) is 176 Å². The number of hydrogen-bond donors (Lipinski definition) is 0. The van der Waals surface area contributed by atoms with E-state index < -0.39 is 0 Å². The fourth-order valence-electron chi connectivity index (χ4n) is 8.09. The van der Waals surface area contributed by atoms with Crippen molar-refractivity contribution in [3.8, 4) is 28.3 Å². The molecular weight excluding hydrogens is 635 g/mol. The summed E-state index contributed by atoms with van der Waals surface area (Å²) in [4.78, 5) is 7.16. The number of pyridine rings is 1. The largest absolute Gasteiger partial charge is 0.457 e. The predicted octanol–water partition coefficient (Wildman–Crippen LogP) is 12.9. The van der Waals surface area contributed by atoms with E-state index in [0.29, 0.717) is 0 Å². The molecule has 248 valence electrons.